The topological polar surface area (TPSA) is 36.3 Å². The number of nitrogens with one attached hydrogen (secondary N) is 1. The molecule has 1 aromatic heterocycles. The van der Waals surface area contributed by atoms with Crippen molar-refractivity contribution >= 4 is 17.3 Å². The molecule has 3 rings (SSSR count). The van der Waals surface area contributed by atoms with E-state index in [4.69, 9.17) is 12.2 Å². The summed E-state index contributed by atoms with van der Waals surface area (Å²) in [6.07, 6.45) is 2.18. The van der Waals surface area contributed by atoms with Gasteiger partial charge in [-0.1, -0.05) is 29.8 Å². The molecule has 1 fully saturated rings. The van der Waals surface area contributed by atoms with E-state index in [1.165, 1.54) is 16.7 Å². The van der Waals surface area contributed by atoms with Crippen molar-refractivity contribution in [1.82, 2.24) is 24.9 Å². The van der Waals surface area contributed by atoms with Gasteiger partial charge in [-0.25, -0.2) is 0 Å². The monoisotopic (exact) mass is 371 g/mol. The molecule has 1 aliphatic heterocycles. The lowest BCUT2D eigenvalue weighted by Crippen LogP contribution is -2.51. The summed E-state index contributed by atoms with van der Waals surface area (Å²) in [5, 5.41) is 8.80. The lowest BCUT2D eigenvalue weighted by atomic mass is 10.1. The first-order chi connectivity index (χ1) is 12.5. The molecule has 1 aromatic carbocycles. The van der Waals surface area contributed by atoms with Gasteiger partial charge in [-0.3, -0.25) is 9.58 Å². The van der Waals surface area contributed by atoms with Crippen LogP contribution in [0.5, 0.6) is 0 Å². The van der Waals surface area contributed by atoms with Crippen LogP contribution in [0.25, 0.3) is 0 Å². The maximum atomic E-state index is 5.59. The number of rotatable bonds is 5. The highest BCUT2D eigenvalue weighted by Crippen LogP contribution is 2.12. The standard InChI is InChI=1S/C20H29N5S/c1-4-25-15-19(17(3)22-25)14-23-9-11-24(12-10-23)20(26)21-13-18-7-5-16(2)6-8-18/h5-8,15H,4,9-14H2,1-3H3,(H,21,26). The van der Waals surface area contributed by atoms with Crippen LogP contribution in [0.1, 0.15) is 29.3 Å². The summed E-state index contributed by atoms with van der Waals surface area (Å²) in [6.45, 7) is 13.0. The van der Waals surface area contributed by atoms with E-state index >= 15 is 0 Å². The van der Waals surface area contributed by atoms with Crippen LogP contribution in [0.15, 0.2) is 30.5 Å². The lowest BCUT2D eigenvalue weighted by Gasteiger charge is -2.36. The summed E-state index contributed by atoms with van der Waals surface area (Å²) >= 11 is 5.59. The Labute approximate surface area is 162 Å². The van der Waals surface area contributed by atoms with Crippen LogP contribution in [-0.4, -0.2) is 50.9 Å². The third-order valence-electron chi connectivity index (χ3n) is 4.99. The van der Waals surface area contributed by atoms with E-state index in [9.17, 15) is 0 Å². The Hall–Kier alpha value is -1.92. The van der Waals surface area contributed by atoms with E-state index in [2.05, 4.69) is 71.4 Å². The van der Waals surface area contributed by atoms with Crippen molar-refractivity contribution in [2.24, 2.45) is 0 Å². The maximum absolute atomic E-state index is 5.59. The fourth-order valence-corrected chi connectivity index (χ4v) is 3.48. The van der Waals surface area contributed by atoms with Crippen LogP contribution in [0.3, 0.4) is 0 Å². The molecular formula is C20H29N5S. The van der Waals surface area contributed by atoms with Crippen molar-refractivity contribution < 1.29 is 0 Å². The number of hydrogen-bond acceptors (Lipinski definition) is 3. The first-order valence-corrected chi connectivity index (χ1v) is 9.79. The number of aryl methyl sites for hydroxylation is 3. The predicted molar refractivity (Wildman–Crippen MR) is 110 cm³/mol. The normalized spacial score (nSPS) is 15.3. The molecule has 0 bridgehead atoms. The van der Waals surface area contributed by atoms with E-state index in [0.29, 0.717) is 0 Å². The summed E-state index contributed by atoms with van der Waals surface area (Å²) < 4.78 is 2.02. The van der Waals surface area contributed by atoms with Crippen LogP contribution < -0.4 is 5.32 Å². The first kappa shape index (κ1) is 18.9. The van der Waals surface area contributed by atoms with Gasteiger partial charge in [0.2, 0.25) is 0 Å². The summed E-state index contributed by atoms with van der Waals surface area (Å²) in [5.41, 5.74) is 5.03. The SMILES string of the molecule is CCn1cc(CN2CCN(C(=S)NCc3ccc(C)cc3)CC2)c(C)n1. The molecule has 2 aromatic rings. The van der Waals surface area contributed by atoms with Gasteiger partial charge < -0.3 is 10.2 Å². The molecular weight excluding hydrogens is 342 g/mol. The average molecular weight is 372 g/mol. The highest BCUT2D eigenvalue weighted by Gasteiger charge is 2.20. The number of aromatic nitrogens is 2. The van der Waals surface area contributed by atoms with Crippen molar-refractivity contribution in [2.45, 2.75) is 40.4 Å². The molecule has 1 saturated heterocycles. The van der Waals surface area contributed by atoms with Gasteiger partial charge in [-0.05, 0) is 38.6 Å². The summed E-state index contributed by atoms with van der Waals surface area (Å²) in [7, 11) is 0. The lowest BCUT2D eigenvalue weighted by molar-refractivity contribution is 0.174. The fourth-order valence-electron chi connectivity index (χ4n) is 3.22. The third kappa shape index (κ3) is 4.83. The van der Waals surface area contributed by atoms with Crippen molar-refractivity contribution in [2.75, 3.05) is 26.2 Å². The number of thiocarbonyl (C=S) groups is 1. The minimum Gasteiger partial charge on any atom is -0.358 e. The molecule has 0 atom stereocenters. The largest absolute Gasteiger partial charge is 0.358 e. The molecule has 0 unspecified atom stereocenters. The second kappa shape index (κ2) is 8.64. The molecule has 1 N–H and O–H groups in total. The van der Waals surface area contributed by atoms with Gasteiger partial charge in [-0.15, -0.1) is 0 Å². The van der Waals surface area contributed by atoms with E-state index in [1.54, 1.807) is 0 Å². The van der Waals surface area contributed by atoms with Crippen LogP contribution in [-0.2, 0) is 19.6 Å². The Bertz CT molecular complexity index is 729. The molecule has 0 spiro atoms. The van der Waals surface area contributed by atoms with Gasteiger partial charge in [-0.2, -0.15) is 5.10 Å². The fraction of sp³-hybridized carbons (Fsp3) is 0.500. The molecule has 0 saturated carbocycles. The van der Waals surface area contributed by atoms with Gasteiger partial charge in [0, 0.05) is 57.6 Å². The number of hydrogen-bond donors (Lipinski definition) is 1. The quantitative estimate of drug-likeness (QED) is 0.818. The second-order valence-corrected chi connectivity index (χ2v) is 7.39. The van der Waals surface area contributed by atoms with Crippen molar-refractivity contribution in [3.8, 4) is 0 Å². The number of benzene rings is 1. The Kier molecular flexibility index (Phi) is 6.27. The highest BCUT2D eigenvalue weighted by molar-refractivity contribution is 7.80. The highest BCUT2D eigenvalue weighted by atomic mass is 32.1. The van der Waals surface area contributed by atoms with Crippen molar-refractivity contribution in [1.29, 1.82) is 0 Å². The summed E-state index contributed by atoms with van der Waals surface area (Å²) in [5.74, 6) is 0. The number of piperazine rings is 1. The van der Waals surface area contributed by atoms with E-state index in [-0.39, 0.29) is 0 Å². The maximum Gasteiger partial charge on any atom is 0.169 e. The smallest absolute Gasteiger partial charge is 0.169 e. The van der Waals surface area contributed by atoms with Gasteiger partial charge >= 0.3 is 0 Å². The summed E-state index contributed by atoms with van der Waals surface area (Å²) in [4.78, 5) is 4.77. The summed E-state index contributed by atoms with van der Waals surface area (Å²) in [6, 6.07) is 8.59. The van der Waals surface area contributed by atoms with Gasteiger partial charge in [0.1, 0.15) is 0 Å². The molecule has 6 heteroatoms. The zero-order valence-corrected chi connectivity index (χ0v) is 16.9. The zero-order chi connectivity index (χ0) is 18.5. The Morgan fingerprint density at radius 3 is 2.42 bits per heavy atom. The predicted octanol–water partition coefficient (Wildman–Crippen LogP) is 2.71. The molecule has 0 aliphatic carbocycles. The zero-order valence-electron chi connectivity index (χ0n) is 16.0. The minimum absolute atomic E-state index is 0.786. The van der Waals surface area contributed by atoms with Crippen molar-refractivity contribution in [3.63, 3.8) is 0 Å². The van der Waals surface area contributed by atoms with Crippen LogP contribution >= 0.6 is 12.2 Å². The van der Waals surface area contributed by atoms with Gasteiger partial charge in [0.15, 0.2) is 5.11 Å². The Morgan fingerprint density at radius 1 is 1.12 bits per heavy atom. The van der Waals surface area contributed by atoms with Crippen LogP contribution in [0.4, 0.5) is 0 Å². The first-order valence-electron chi connectivity index (χ1n) is 9.38. The molecule has 1 aliphatic rings. The second-order valence-electron chi connectivity index (χ2n) is 7.00. The molecule has 5 nitrogen and oxygen atoms in total. The minimum atomic E-state index is 0.786. The van der Waals surface area contributed by atoms with Crippen molar-refractivity contribution in [3.05, 3.63) is 52.8 Å². The van der Waals surface area contributed by atoms with E-state index in [0.717, 1.165) is 56.6 Å². The molecule has 0 amide bonds. The molecule has 26 heavy (non-hydrogen) atoms. The molecule has 0 radical (unpaired) electrons. The van der Waals surface area contributed by atoms with Crippen LogP contribution in [0, 0.1) is 13.8 Å². The van der Waals surface area contributed by atoms with Crippen LogP contribution in [0.2, 0.25) is 0 Å². The van der Waals surface area contributed by atoms with E-state index < -0.39 is 0 Å². The molecule has 2 heterocycles. The number of nitrogens with zero attached hydrogens (tertiary/aromatic N) is 4. The Morgan fingerprint density at radius 2 is 1.81 bits per heavy atom. The van der Waals surface area contributed by atoms with Gasteiger partial charge in [0.05, 0.1) is 5.69 Å². The van der Waals surface area contributed by atoms with Gasteiger partial charge in [0.25, 0.3) is 0 Å². The molecule has 140 valence electrons. The van der Waals surface area contributed by atoms with E-state index in [1.807, 2.05) is 4.68 Å². The Balaban J connectivity index is 1.44. The third-order valence-corrected chi connectivity index (χ3v) is 5.39. The average Bonchev–Trinajstić information content (AvgIpc) is 3.01.